The molecule has 2 atom stereocenters. The molecule has 9 heteroatoms. The van der Waals surface area contributed by atoms with E-state index < -0.39 is 26.9 Å². The highest BCUT2D eigenvalue weighted by atomic mass is 32.2. The van der Waals surface area contributed by atoms with Gasteiger partial charge in [-0.25, -0.2) is 8.42 Å². The van der Waals surface area contributed by atoms with E-state index in [0.29, 0.717) is 6.61 Å². The SMILES string of the molecule is O=C(NC[C@H]1CCCO1)C(=O)NC[C@H](c1ccco1)S(=O)(=O)c1ccccc1. The summed E-state index contributed by atoms with van der Waals surface area (Å²) < 4.78 is 36.6. The van der Waals surface area contributed by atoms with Crippen molar-refractivity contribution >= 4 is 21.7 Å². The van der Waals surface area contributed by atoms with Crippen LogP contribution in [0.15, 0.2) is 58.0 Å². The van der Waals surface area contributed by atoms with Crippen LogP contribution < -0.4 is 10.6 Å². The predicted octanol–water partition coefficient (Wildman–Crippen LogP) is 1.21. The number of nitrogens with one attached hydrogen (secondary N) is 2. The molecule has 0 aliphatic carbocycles. The van der Waals surface area contributed by atoms with Gasteiger partial charge in [0.15, 0.2) is 9.84 Å². The van der Waals surface area contributed by atoms with Crippen LogP contribution in [-0.4, -0.2) is 46.0 Å². The Bertz CT molecular complexity index is 890. The normalized spacial score (nSPS) is 17.8. The van der Waals surface area contributed by atoms with Gasteiger partial charge in [0.05, 0.1) is 17.3 Å². The van der Waals surface area contributed by atoms with Crippen molar-refractivity contribution in [2.75, 3.05) is 19.7 Å². The molecule has 3 rings (SSSR count). The molecule has 1 aliphatic heterocycles. The van der Waals surface area contributed by atoms with Crippen molar-refractivity contribution in [1.82, 2.24) is 10.6 Å². The number of carbonyl (C=O) groups excluding carboxylic acids is 2. The van der Waals surface area contributed by atoms with Crippen molar-refractivity contribution < 1.29 is 27.2 Å². The molecule has 8 nitrogen and oxygen atoms in total. The summed E-state index contributed by atoms with van der Waals surface area (Å²) in [6, 6.07) is 11.0. The van der Waals surface area contributed by atoms with E-state index in [4.69, 9.17) is 9.15 Å². The lowest BCUT2D eigenvalue weighted by Gasteiger charge is -2.17. The van der Waals surface area contributed by atoms with Crippen LogP contribution in [0.1, 0.15) is 23.9 Å². The second-order valence-corrected chi connectivity index (χ2v) is 8.55. The molecule has 1 aliphatic rings. The highest BCUT2D eigenvalue weighted by Gasteiger charge is 2.32. The Morgan fingerprint density at radius 2 is 1.82 bits per heavy atom. The highest BCUT2D eigenvalue weighted by Crippen LogP contribution is 2.28. The summed E-state index contributed by atoms with van der Waals surface area (Å²) in [5.74, 6) is -1.55. The number of amides is 2. The summed E-state index contributed by atoms with van der Waals surface area (Å²) in [6.07, 6.45) is 3.03. The van der Waals surface area contributed by atoms with Gasteiger partial charge in [0, 0.05) is 19.7 Å². The smallest absolute Gasteiger partial charge is 0.309 e. The quantitative estimate of drug-likeness (QED) is 0.668. The van der Waals surface area contributed by atoms with E-state index in [1.165, 1.54) is 24.5 Å². The van der Waals surface area contributed by atoms with E-state index in [0.717, 1.165) is 12.8 Å². The molecule has 0 unspecified atom stereocenters. The highest BCUT2D eigenvalue weighted by molar-refractivity contribution is 7.91. The molecule has 150 valence electrons. The van der Waals surface area contributed by atoms with Crippen molar-refractivity contribution in [2.45, 2.75) is 29.1 Å². The molecule has 0 radical (unpaired) electrons. The molecule has 2 amide bonds. The number of hydrogen-bond acceptors (Lipinski definition) is 6. The Kier molecular flexibility index (Phi) is 6.48. The first-order chi connectivity index (χ1) is 13.5. The summed E-state index contributed by atoms with van der Waals surface area (Å²) >= 11 is 0. The molecule has 0 saturated carbocycles. The van der Waals surface area contributed by atoms with Gasteiger partial charge in [-0.15, -0.1) is 0 Å². The zero-order valence-corrected chi connectivity index (χ0v) is 16.0. The van der Waals surface area contributed by atoms with E-state index in [2.05, 4.69) is 10.6 Å². The van der Waals surface area contributed by atoms with Gasteiger partial charge in [-0.2, -0.15) is 0 Å². The topological polar surface area (TPSA) is 115 Å². The van der Waals surface area contributed by atoms with Gasteiger partial charge in [-0.05, 0) is 37.1 Å². The van der Waals surface area contributed by atoms with E-state index >= 15 is 0 Å². The second kappa shape index (κ2) is 9.03. The number of rotatable bonds is 7. The largest absolute Gasteiger partial charge is 0.468 e. The molecule has 0 bridgehead atoms. The number of benzene rings is 1. The van der Waals surface area contributed by atoms with E-state index in [1.54, 1.807) is 24.3 Å². The Labute approximate surface area is 163 Å². The first kappa shape index (κ1) is 20.1. The van der Waals surface area contributed by atoms with Crippen LogP contribution in [0.3, 0.4) is 0 Å². The standard InChI is InChI=1S/C19H22N2O6S/c22-18(20-12-14-6-4-10-26-14)19(23)21-13-17(16-9-5-11-27-16)28(24,25)15-7-2-1-3-8-15/h1-3,5,7-9,11,14,17H,4,6,10,12-13H2,(H,20,22)(H,21,23)/t14-,17-/m1/s1. The van der Waals surface area contributed by atoms with Gasteiger partial charge in [0.2, 0.25) is 0 Å². The molecule has 1 aromatic carbocycles. The van der Waals surface area contributed by atoms with E-state index in [1.807, 2.05) is 0 Å². The molecule has 1 aromatic heterocycles. The molecule has 1 fully saturated rings. The average Bonchev–Trinajstić information content (AvgIpc) is 3.41. The summed E-state index contributed by atoms with van der Waals surface area (Å²) in [5, 5.41) is 3.74. The molecule has 1 saturated heterocycles. The third-order valence-corrected chi connectivity index (χ3v) is 6.55. The van der Waals surface area contributed by atoms with Gasteiger partial charge in [-0.3, -0.25) is 9.59 Å². The summed E-state index contributed by atoms with van der Waals surface area (Å²) in [4.78, 5) is 24.2. The third-order valence-electron chi connectivity index (χ3n) is 4.48. The maximum absolute atomic E-state index is 13.0. The Morgan fingerprint density at radius 1 is 1.07 bits per heavy atom. The fourth-order valence-corrected chi connectivity index (χ4v) is 4.58. The Morgan fingerprint density at radius 3 is 2.46 bits per heavy atom. The number of furan rings is 1. The molecular weight excluding hydrogens is 384 g/mol. The average molecular weight is 406 g/mol. The van der Waals surface area contributed by atoms with Crippen molar-refractivity contribution in [1.29, 1.82) is 0 Å². The second-order valence-electron chi connectivity index (χ2n) is 6.42. The van der Waals surface area contributed by atoms with Gasteiger partial charge in [0.25, 0.3) is 0 Å². The molecule has 28 heavy (non-hydrogen) atoms. The lowest BCUT2D eigenvalue weighted by atomic mass is 10.2. The summed E-state index contributed by atoms with van der Waals surface area (Å²) in [5.41, 5.74) is 0. The fourth-order valence-electron chi connectivity index (χ4n) is 2.97. The van der Waals surface area contributed by atoms with Gasteiger partial charge < -0.3 is 19.8 Å². The van der Waals surface area contributed by atoms with Crippen LogP contribution in [0.25, 0.3) is 0 Å². The van der Waals surface area contributed by atoms with E-state index in [9.17, 15) is 18.0 Å². The van der Waals surface area contributed by atoms with Crippen LogP contribution in [0.4, 0.5) is 0 Å². The minimum Gasteiger partial charge on any atom is -0.468 e. The number of hydrogen-bond donors (Lipinski definition) is 2. The van der Waals surface area contributed by atoms with Crippen molar-refractivity contribution in [2.24, 2.45) is 0 Å². The molecule has 2 aromatic rings. The lowest BCUT2D eigenvalue weighted by molar-refractivity contribution is -0.139. The number of carbonyl (C=O) groups is 2. The zero-order chi connectivity index (χ0) is 20.0. The van der Waals surface area contributed by atoms with E-state index in [-0.39, 0.29) is 29.8 Å². The van der Waals surface area contributed by atoms with Gasteiger partial charge >= 0.3 is 11.8 Å². The zero-order valence-electron chi connectivity index (χ0n) is 15.2. The summed E-state index contributed by atoms with van der Waals surface area (Å²) in [6.45, 7) is 0.599. The first-order valence-electron chi connectivity index (χ1n) is 8.98. The van der Waals surface area contributed by atoms with Crippen molar-refractivity contribution in [3.63, 3.8) is 0 Å². The fraction of sp³-hybridized carbons (Fsp3) is 0.368. The maximum Gasteiger partial charge on any atom is 0.309 e. The minimum absolute atomic E-state index is 0.0916. The summed E-state index contributed by atoms with van der Waals surface area (Å²) in [7, 11) is -3.83. The molecular formula is C19H22N2O6S. The minimum atomic E-state index is -3.83. The Hall–Kier alpha value is -2.65. The Balaban J connectivity index is 1.65. The predicted molar refractivity (Wildman–Crippen MR) is 100 cm³/mol. The van der Waals surface area contributed by atoms with Crippen LogP contribution in [-0.2, 0) is 24.2 Å². The first-order valence-corrected chi connectivity index (χ1v) is 10.5. The molecule has 2 N–H and O–H groups in total. The van der Waals surface area contributed by atoms with Crippen LogP contribution in [0.5, 0.6) is 0 Å². The monoisotopic (exact) mass is 406 g/mol. The van der Waals surface area contributed by atoms with Crippen LogP contribution >= 0.6 is 0 Å². The van der Waals surface area contributed by atoms with Crippen LogP contribution in [0.2, 0.25) is 0 Å². The number of sulfone groups is 1. The molecule has 2 heterocycles. The lowest BCUT2D eigenvalue weighted by Crippen LogP contribution is -2.44. The van der Waals surface area contributed by atoms with Gasteiger partial charge in [-0.1, -0.05) is 18.2 Å². The van der Waals surface area contributed by atoms with Gasteiger partial charge in [0.1, 0.15) is 11.0 Å². The maximum atomic E-state index is 13.0. The van der Waals surface area contributed by atoms with Crippen molar-refractivity contribution in [3.05, 3.63) is 54.5 Å². The third kappa shape index (κ3) is 4.79. The molecule has 0 spiro atoms. The van der Waals surface area contributed by atoms with Crippen molar-refractivity contribution in [3.8, 4) is 0 Å². The number of ether oxygens (including phenoxy) is 1. The van der Waals surface area contributed by atoms with Crippen LogP contribution in [0, 0.1) is 0 Å².